The summed E-state index contributed by atoms with van der Waals surface area (Å²) in [7, 11) is 1.58. The second-order valence-corrected chi connectivity index (χ2v) is 7.20. The van der Waals surface area contributed by atoms with Gasteiger partial charge in [-0.15, -0.1) is 13.2 Å². The molecule has 0 fully saturated rings. The minimum atomic E-state index is -4.86. The average molecular weight is 484 g/mol. The molecule has 1 atom stereocenters. The van der Waals surface area contributed by atoms with Crippen LogP contribution in [0.1, 0.15) is 12.0 Å². The highest BCUT2D eigenvalue weighted by Crippen LogP contribution is 2.29. The second kappa shape index (κ2) is 11.0. The van der Waals surface area contributed by atoms with Gasteiger partial charge in [0.05, 0.1) is 0 Å². The number of halogens is 4. The summed E-state index contributed by atoms with van der Waals surface area (Å²) in [5, 5.41) is 17.5. The highest BCUT2D eigenvalue weighted by molar-refractivity contribution is 5.94. The SMILES string of the molecule is CNC1=C(C(=O)NCCCO)N(Cc2ccc(F)cc2)C(Oc2cccc(OC(F)(F)F)c2)N1. The first kappa shape index (κ1) is 25.0. The molecule has 1 aliphatic heterocycles. The van der Waals surface area contributed by atoms with Crippen LogP contribution in [0.3, 0.4) is 0 Å². The lowest BCUT2D eigenvalue weighted by atomic mass is 10.2. The van der Waals surface area contributed by atoms with E-state index in [-0.39, 0.29) is 31.1 Å². The molecule has 0 bridgehead atoms. The van der Waals surface area contributed by atoms with E-state index in [1.165, 1.54) is 24.3 Å². The Kier molecular flexibility index (Phi) is 8.05. The minimum absolute atomic E-state index is 0.0562. The molecule has 2 aromatic rings. The summed E-state index contributed by atoms with van der Waals surface area (Å²) in [6, 6.07) is 10.6. The van der Waals surface area contributed by atoms with Gasteiger partial charge in [-0.3, -0.25) is 4.79 Å². The molecule has 0 spiro atoms. The summed E-state index contributed by atoms with van der Waals surface area (Å²) in [4.78, 5) is 14.5. The summed E-state index contributed by atoms with van der Waals surface area (Å²) in [5.74, 6) is -0.979. The first-order valence-corrected chi connectivity index (χ1v) is 10.3. The molecule has 34 heavy (non-hydrogen) atoms. The third-order valence-electron chi connectivity index (χ3n) is 4.71. The van der Waals surface area contributed by atoms with Crippen LogP contribution in [0.4, 0.5) is 17.6 Å². The van der Waals surface area contributed by atoms with Crippen molar-refractivity contribution in [1.82, 2.24) is 20.9 Å². The van der Waals surface area contributed by atoms with E-state index in [0.717, 1.165) is 12.1 Å². The van der Waals surface area contributed by atoms with E-state index in [4.69, 9.17) is 9.84 Å². The van der Waals surface area contributed by atoms with Crippen molar-refractivity contribution < 1.29 is 36.9 Å². The number of amides is 1. The van der Waals surface area contributed by atoms with E-state index < -0.39 is 30.2 Å². The van der Waals surface area contributed by atoms with Gasteiger partial charge in [0.15, 0.2) is 0 Å². The van der Waals surface area contributed by atoms with Gasteiger partial charge in [-0.25, -0.2) is 4.39 Å². The molecule has 0 aliphatic carbocycles. The van der Waals surface area contributed by atoms with Crippen LogP contribution in [-0.4, -0.2) is 48.8 Å². The van der Waals surface area contributed by atoms with Crippen LogP contribution >= 0.6 is 0 Å². The van der Waals surface area contributed by atoms with Crippen LogP contribution in [0.25, 0.3) is 0 Å². The number of rotatable bonds is 10. The van der Waals surface area contributed by atoms with Crippen molar-refractivity contribution in [2.75, 3.05) is 20.2 Å². The van der Waals surface area contributed by atoms with Gasteiger partial charge in [0, 0.05) is 32.8 Å². The van der Waals surface area contributed by atoms with Crippen LogP contribution in [0.15, 0.2) is 60.0 Å². The van der Waals surface area contributed by atoms with Gasteiger partial charge in [0.25, 0.3) is 12.3 Å². The van der Waals surface area contributed by atoms with Crippen LogP contribution < -0.4 is 25.4 Å². The first-order valence-electron chi connectivity index (χ1n) is 10.3. The maximum absolute atomic E-state index is 13.4. The highest BCUT2D eigenvalue weighted by Gasteiger charge is 2.37. The summed E-state index contributed by atoms with van der Waals surface area (Å²) in [6.07, 6.45) is -5.50. The molecule has 0 aromatic heterocycles. The molecule has 3 rings (SSSR count). The maximum Gasteiger partial charge on any atom is 0.573 e. The first-order chi connectivity index (χ1) is 16.2. The van der Waals surface area contributed by atoms with E-state index in [1.807, 2.05) is 0 Å². The highest BCUT2D eigenvalue weighted by atomic mass is 19.4. The van der Waals surface area contributed by atoms with Crippen molar-refractivity contribution in [3.8, 4) is 11.5 Å². The lowest BCUT2D eigenvalue weighted by Crippen LogP contribution is -2.44. The smallest absolute Gasteiger partial charge is 0.452 e. The predicted molar refractivity (Wildman–Crippen MR) is 113 cm³/mol. The van der Waals surface area contributed by atoms with Gasteiger partial charge in [-0.05, 0) is 36.2 Å². The topological polar surface area (TPSA) is 95.1 Å². The number of aliphatic hydroxyl groups excluding tert-OH is 1. The third-order valence-corrected chi connectivity index (χ3v) is 4.71. The Bertz CT molecular complexity index is 1010. The standard InChI is InChI=1S/C22H24F4N4O4/c1-27-19-18(20(32)28-10-3-11-31)30(13-14-6-8-15(23)9-7-14)21(29-19)33-16-4-2-5-17(12-16)34-22(24,25)26/h2,4-9,12,21,27,29,31H,3,10-11,13H2,1H3,(H,28,32). The molecule has 1 aliphatic rings. The molecule has 1 unspecified atom stereocenters. The number of nitrogens with one attached hydrogen (secondary N) is 3. The van der Waals surface area contributed by atoms with Crippen molar-refractivity contribution in [1.29, 1.82) is 0 Å². The van der Waals surface area contributed by atoms with Gasteiger partial charge in [0.1, 0.15) is 28.8 Å². The molecule has 0 saturated heterocycles. The third kappa shape index (κ3) is 6.67. The predicted octanol–water partition coefficient (Wildman–Crippen LogP) is 2.38. The Morgan fingerprint density at radius 2 is 1.88 bits per heavy atom. The zero-order valence-electron chi connectivity index (χ0n) is 18.2. The number of hydrogen-bond acceptors (Lipinski definition) is 7. The number of nitrogens with zero attached hydrogens (tertiary/aromatic N) is 1. The number of benzene rings is 2. The number of carbonyl (C=O) groups is 1. The number of carbonyl (C=O) groups excluding carboxylic acids is 1. The van der Waals surface area contributed by atoms with E-state index in [2.05, 4.69) is 20.7 Å². The molecule has 1 amide bonds. The quantitative estimate of drug-likeness (QED) is 0.304. The maximum atomic E-state index is 13.4. The lowest BCUT2D eigenvalue weighted by Gasteiger charge is -2.28. The zero-order valence-corrected chi connectivity index (χ0v) is 18.2. The number of hydrogen-bond donors (Lipinski definition) is 4. The Labute approximate surface area is 193 Å². The van der Waals surface area contributed by atoms with Crippen molar-refractivity contribution in [3.05, 3.63) is 71.4 Å². The van der Waals surface area contributed by atoms with Crippen molar-refractivity contribution in [3.63, 3.8) is 0 Å². The summed E-state index contributed by atoms with van der Waals surface area (Å²) in [6.45, 7) is 0.241. The number of ether oxygens (including phenoxy) is 2. The average Bonchev–Trinajstić information content (AvgIpc) is 3.11. The molecule has 2 aromatic carbocycles. The fourth-order valence-corrected chi connectivity index (χ4v) is 3.24. The van der Waals surface area contributed by atoms with E-state index in [1.54, 1.807) is 24.1 Å². The van der Waals surface area contributed by atoms with Crippen LogP contribution in [0.5, 0.6) is 11.5 Å². The fourth-order valence-electron chi connectivity index (χ4n) is 3.24. The van der Waals surface area contributed by atoms with Gasteiger partial charge < -0.3 is 35.4 Å². The molecule has 184 valence electrons. The Hall–Kier alpha value is -3.67. The van der Waals surface area contributed by atoms with Crippen molar-refractivity contribution in [2.45, 2.75) is 25.7 Å². The van der Waals surface area contributed by atoms with E-state index >= 15 is 0 Å². The monoisotopic (exact) mass is 484 g/mol. The molecule has 1 heterocycles. The molecule has 4 N–H and O–H groups in total. The lowest BCUT2D eigenvalue weighted by molar-refractivity contribution is -0.274. The molecular formula is C22H24F4N4O4. The summed E-state index contributed by atoms with van der Waals surface area (Å²) in [5.41, 5.74) is 0.835. The molecule has 12 heteroatoms. The van der Waals surface area contributed by atoms with Gasteiger partial charge >= 0.3 is 6.36 Å². The zero-order chi connectivity index (χ0) is 24.7. The Morgan fingerprint density at radius 3 is 2.53 bits per heavy atom. The Morgan fingerprint density at radius 1 is 1.18 bits per heavy atom. The van der Waals surface area contributed by atoms with Crippen molar-refractivity contribution >= 4 is 5.91 Å². The number of aliphatic hydroxyl groups is 1. The largest absolute Gasteiger partial charge is 0.573 e. The molecule has 0 saturated carbocycles. The van der Waals surface area contributed by atoms with Crippen LogP contribution in [0, 0.1) is 5.82 Å². The van der Waals surface area contributed by atoms with Crippen molar-refractivity contribution in [2.24, 2.45) is 0 Å². The normalized spacial score (nSPS) is 15.7. The molecule has 0 radical (unpaired) electrons. The summed E-state index contributed by atoms with van der Waals surface area (Å²) < 4.78 is 60.9. The molecular weight excluding hydrogens is 460 g/mol. The Balaban J connectivity index is 1.87. The summed E-state index contributed by atoms with van der Waals surface area (Å²) >= 11 is 0. The van der Waals surface area contributed by atoms with Gasteiger partial charge in [-0.2, -0.15) is 0 Å². The molecule has 8 nitrogen and oxygen atoms in total. The van der Waals surface area contributed by atoms with Gasteiger partial charge in [-0.1, -0.05) is 18.2 Å². The van der Waals surface area contributed by atoms with Gasteiger partial charge in [0.2, 0.25) is 0 Å². The van der Waals surface area contributed by atoms with E-state index in [0.29, 0.717) is 17.8 Å². The fraction of sp³-hybridized carbons (Fsp3) is 0.318. The van der Waals surface area contributed by atoms with Crippen LogP contribution in [0.2, 0.25) is 0 Å². The van der Waals surface area contributed by atoms with Crippen LogP contribution in [-0.2, 0) is 11.3 Å². The minimum Gasteiger partial charge on any atom is -0.452 e. The van der Waals surface area contributed by atoms with E-state index in [9.17, 15) is 22.4 Å². The number of alkyl halides is 3. The second-order valence-electron chi connectivity index (χ2n) is 7.20.